The van der Waals surface area contributed by atoms with Crippen LogP contribution in [0.5, 0.6) is 0 Å². The molecule has 2 heterocycles. The molecular formula is C10H16N4O2. The fourth-order valence-corrected chi connectivity index (χ4v) is 1.71. The number of aliphatic hydroxyl groups is 1. The summed E-state index contributed by atoms with van der Waals surface area (Å²) in [6.45, 7) is 2.83. The molecule has 88 valence electrons. The molecule has 2 rings (SSSR count). The van der Waals surface area contributed by atoms with Crippen molar-refractivity contribution in [3.05, 3.63) is 12.4 Å². The molecule has 0 aliphatic carbocycles. The molecule has 0 aromatic carbocycles. The number of nitrogens with zero attached hydrogens (tertiary/aromatic N) is 2. The Morgan fingerprint density at radius 3 is 3.12 bits per heavy atom. The first-order valence-corrected chi connectivity index (χ1v) is 5.25. The Labute approximate surface area is 93.9 Å². The summed E-state index contributed by atoms with van der Waals surface area (Å²) in [5, 5.41) is 13.2. The number of aromatic nitrogens is 2. The lowest BCUT2D eigenvalue weighted by molar-refractivity contribution is -0.0176. The van der Waals surface area contributed by atoms with E-state index in [1.165, 1.54) is 6.20 Å². The third kappa shape index (κ3) is 2.23. The quantitative estimate of drug-likeness (QED) is 0.669. The fraction of sp³-hybridized carbons (Fsp3) is 0.600. The van der Waals surface area contributed by atoms with Gasteiger partial charge in [0.15, 0.2) is 0 Å². The first kappa shape index (κ1) is 11.1. The minimum Gasteiger partial charge on any atom is -0.385 e. The van der Waals surface area contributed by atoms with Gasteiger partial charge >= 0.3 is 0 Å². The zero-order chi connectivity index (χ0) is 11.6. The number of ether oxygens (including phenoxy) is 1. The third-order valence-electron chi connectivity index (χ3n) is 2.89. The highest BCUT2D eigenvalue weighted by atomic mass is 16.5. The second-order valence-electron chi connectivity index (χ2n) is 4.05. The Morgan fingerprint density at radius 2 is 2.50 bits per heavy atom. The minimum atomic E-state index is -0.841. The van der Waals surface area contributed by atoms with Gasteiger partial charge in [-0.3, -0.25) is 4.98 Å². The van der Waals surface area contributed by atoms with Crippen molar-refractivity contribution < 1.29 is 9.84 Å². The highest BCUT2D eigenvalue weighted by Gasteiger charge is 2.39. The van der Waals surface area contributed by atoms with Gasteiger partial charge in [0.25, 0.3) is 0 Å². The van der Waals surface area contributed by atoms with Crippen LogP contribution in [0.1, 0.15) is 13.3 Å². The van der Waals surface area contributed by atoms with Gasteiger partial charge in [0, 0.05) is 19.6 Å². The van der Waals surface area contributed by atoms with Gasteiger partial charge < -0.3 is 20.9 Å². The van der Waals surface area contributed by atoms with Gasteiger partial charge in [0.1, 0.15) is 17.2 Å². The average Bonchev–Trinajstić information content (AvgIpc) is 2.58. The van der Waals surface area contributed by atoms with E-state index in [1.54, 1.807) is 6.20 Å². The number of hydrogen-bond donors (Lipinski definition) is 3. The lowest BCUT2D eigenvalue weighted by Crippen LogP contribution is -2.43. The molecule has 6 nitrogen and oxygen atoms in total. The first-order chi connectivity index (χ1) is 7.60. The summed E-state index contributed by atoms with van der Waals surface area (Å²) in [6.07, 6.45) is 3.49. The smallest absolute Gasteiger partial charge is 0.147 e. The molecule has 1 aliphatic rings. The summed E-state index contributed by atoms with van der Waals surface area (Å²) >= 11 is 0. The Morgan fingerprint density at radius 1 is 1.69 bits per heavy atom. The molecule has 2 unspecified atom stereocenters. The van der Waals surface area contributed by atoms with Crippen LogP contribution < -0.4 is 11.1 Å². The van der Waals surface area contributed by atoms with Gasteiger partial charge in [-0.05, 0) is 6.92 Å². The van der Waals surface area contributed by atoms with Gasteiger partial charge in [0.2, 0.25) is 0 Å². The number of rotatable bonds is 3. The summed E-state index contributed by atoms with van der Waals surface area (Å²) in [6, 6.07) is 0. The van der Waals surface area contributed by atoms with E-state index in [9.17, 15) is 5.11 Å². The van der Waals surface area contributed by atoms with E-state index in [-0.39, 0.29) is 6.10 Å². The molecule has 6 heteroatoms. The Kier molecular flexibility index (Phi) is 2.93. The van der Waals surface area contributed by atoms with E-state index < -0.39 is 5.60 Å². The second kappa shape index (κ2) is 4.23. The van der Waals surface area contributed by atoms with Crippen LogP contribution >= 0.6 is 0 Å². The van der Waals surface area contributed by atoms with Crippen LogP contribution in [0.2, 0.25) is 0 Å². The monoisotopic (exact) mass is 224 g/mol. The van der Waals surface area contributed by atoms with Crippen molar-refractivity contribution >= 4 is 11.6 Å². The highest BCUT2D eigenvalue weighted by molar-refractivity contribution is 5.38. The number of nitrogens with two attached hydrogens (primary N) is 1. The number of anilines is 2. The van der Waals surface area contributed by atoms with E-state index >= 15 is 0 Å². The van der Waals surface area contributed by atoms with Crippen molar-refractivity contribution in [3.8, 4) is 0 Å². The third-order valence-corrected chi connectivity index (χ3v) is 2.89. The predicted octanol–water partition coefficient (Wildman–Crippen LogP) is 0.0106. The van der Waals surface area contributed by atoms with Crippen LogP contribution in [0, 0.1) is 0 Å². The van der Waals surface area contributed by atoms with Crippen molar-refractivity contribution in [2.45, 2.75) is 25.0 Å². The molecule has 1 aromatic heterocycles. The fourth-order valence-electron chi connectivity index (χ4n) is 1.71. The van der Waals surface area contributed by atoms with E-state index in [1.807, 2.05) is 6.92 Å². The normalized spacial score (nSPS) is 29.2. The van der Waals surface area contributed by atoms with E-state index in [4.69, 9.17) is 10.5 Å². The van der Waals surface area contributed by atoms with Crippen molar-refractivity contribution in [2.75, 3.05) is 24.2 Å². The average molecular weight is 224 g/mol. The van der Waals surface area contributed by atoms with E-state index in [2.05, 4.69) is 15.3 Å². The van der Waals surface area contributed by atoms with E-state index in [0.717, 1.165) is 0 Å². The van der Waals surface area contributed by atoms with Gasteiger partial charge in [0.05, 0.1) is 18.5 Å². The maximum absolute atomic E-state index is 10.2. The topological polar surface area (TPSA) is 93.3 Å². The summed E-state index contributed by atoms with van der Waals surface area (Å²) in [5.74, 6) is 0.917. The molecule has 16 heavy (non-hydrogen) atoms. The Hall–Kier alpha value is -1.40. The molecule has 1 aromatic rings. The summed E-state index contributed by atoms with van der Waals surface area (Å²) in [7, 11) is 0. The predicted molar refractivity (Wildman–Crippen MR) is 59.9 cm³/mol. The van der Waals surface area contributed by atoms with Crippen molar-refractivity contribution in [2.24, 2.45) is 0 Å². The van der Waals surface area contributed by atoms with Crippen LogP contribution in [0.25, 0.3) is 0 Å². The van der Waals surface area contributed by atoms with Gasteiger partial charge in [-0.1, -0.05) is 0 Å². The van der Waals surface area contributed by atoms with Crippen molar-refractivity contribution in [1.29, 1.82) is 0 Å². The molecule has 4 N–H and O–H groups in total. The molecule has 0 bridgehead atoms. The lowest BCUT2D eigenvalue weighted by atomic mass is 9.97. The maximum atomic E-state index is 10.2. The summed E-state index contributed by atoms with van der Waals surface area (Å²) in [5.41, 5.74) is 4.66. The Bertz CT molecular complexity index is 374. The molecule has 0 spiro atoms. The summed E-state index contributed by atoms with van der Waals surface area (Å²) in [4.78, 5) is 7.95. The maximum Gasteiger partial charge on any atom is 0.147 e. The number of nitrogens with one attached hydrogen (secondary N) is 1. The van der Waals surface area contributed by atoms with Crippen LogP contribution in [-0.4, -0.2) is 39.9 Å². The standard InChI is InChI=1S/C10H16N4O2/c1-7-10(15,2-3-16-7)6-13-9-5-12-4-8(11)14-9/h4-5,7,15H,2-3,6H2,1H3,(H3,11,13,14). The molecule has 1 aliphatic heterocycles. The van der Waals surface area contributed by atoms with Crippen molar-refractivity contribution in [3.63, 3.8) is 0 Å². The number of hydrogen-bond acceptors (Lipinski definition) is 6. The van der Waals surface area contributed by atoms with Crippen LogP contribution in [0.3, 0.4) is 0 Å². The number of nitrogen functional groups attached to an aromatic ring is 1. The zero-order valence-corrected chi connectivity index (χ0v) is 9.18. The van der Waals surface area contributed by atoms with Crippen molar-refractivity contribution in [1.82, 2.24) is 9.97 Å². The summed E-state index contributed by atoms with van der Waals surface area (Å²) < 4.78 is 5.33. The molecule has 0 radical (unpaired) electrons. The first-order valence-electron chi connectivity index (χ1n) is 5.25. The zero-order valence-electron chi connectivity index (χ0n) is 9.18. The molecule has 1 fully saturated rings. The van der Waals surface area contributed by atoms with E-state index in [0.29, 0.717) is 31.2 Å². The van der Waals surface area contributed by atoms with Crippen LogP contribution in [-0.2, 0) is 4.74 Å². The molecule has 2 atom stereocenters. The molecule has 1 saturated heterocycles. The largest absolute Gasteiger partial charge is 0.385 e. The second-order valence-corrected chi connectivity index (χ2v) is 4.05. The van der Waals surface area contributed by atoms with Crippen LogP contribution in [0.15, 0.2) is 12.4 Å². The lowest BCUT2D eigenvalue weighted by Gasteiger charge is -2.26. The van der Waals surface area contributed by atoms with Gasteiger partial charge in [-0.25, -0.2) is 4.98 Å². The van der Waals surface area contributed by atoms with Gasteiger partial charge in [-0.2, -0.15) is 0 Å². The molecule has 0 saturated carbocycles. The highest BCUT2D eigenvalue weighted by Crippen LogP contribution is 2.25. The minimum absolute atomic E-state index is 0.172. The van der Waals surface area contributed by atoms with Crippen LogP contribution in [0.4, 0.5) is 11.6 Å². The molecule has 0 amide bonds. The van der Waals surface area contributed by atoms with Gasteiger partial charge in [-0.15, -0.1) is 0 Å². The molecular weight excluding hydrogens is 208 g/mol. The Balaban J connectivity index is 1.97. The SMILES string of the molecule is CC1OCCC1(O)CNc1cncc(N)n1.